The highest BCUT2D eigenvalue weighted by Crippen LogP contribution is 2.39. The van der Waals surface area contributed by atoms with Crippen LogP contribution >= 0.6 is 11.3 Å². The zero-order valence-corrected chi connectivity index (χ0v) is 16.4. The van der Waals surface area contributed by atoms with Crippen molar-refractivity contribution < 1.29 is 4.92 Å². The van der Waals surface area contributed by atoms with Crippen LogP contribution in [-0.4, -0.2) is 34.3 Å². The Kier molecular flexibility index (Phi) is 3.90. The lowest BCUT2D eigenvalue weighted by atomic mass is 9.86. The molecule has 10 heteroatoms. The van der Waals surface area contributed by atoms with Crippen molar-refractivity contribution in [2.24, 2.45) is 5.92 Å². The predicted octanol–water partition coefficient (Wildman–Crippen LogP) is 3.57. The third kappa shape index (κ3) is 2.59. The fraction of sp³-hybridized carbons (Fsp3) is 0.444. The maximum Gasteiger partial charge on any atom is 0.307 e. The Bertz CT molecular complexity index is 1210. The molecule has 0 saturated heterocycles. The summed E-state index contributed by atoms with van der Waals surface area (Å²) in [6, 6.07) is -0.317. The minimum atomic E-state index is -0.456. The molecular weight excluding hydrogens is 378 g/mol. The van der Waals surface area contributed by atoms with E-state index in [4.69, 9.17) is 4.98 Å². The van der Waals surface area contributed by atoms with Gasteiger partial charge in [0.25, 0.3) is 0 Å². The van der Waals surface area contributed by atoms with Gasteiger partial charge in [-0.15, -0.1) is 16.4 Å². The van der Waals surface area contributed by atoms with Gasteiger partial charge in [-0.05, 0) is 37.7 Å². The maximum absolute atomic E-state index is 10.9. The number of aromatic nitrogens is 6. The molecule has 2 atom stereocenters. The van der Waals surface area contributed by atoms with E-state index in [1.165, 1.54) is 40.4 Å². The number of nitro groups is 1. The van der Waals surface area contributed by atoms with Crippen LogP contribution in [0, 0.1) is 16.0 Å². The molecule has 0 aliphatic heterocycles. The quantitative estimate of drug-likeness (QED) is 0.385. The molecule has 0 fully saturated rings. The van der Waals surface area contributed by atoms with Gasteiger partial charge in [-0.3, -0.25) is 14.8 Å². The molecule has 5 rings (SSSR count). The second-order valence-corrected chi connectivity index (χ2v) is 8.38. The van der Waals surface area contributed by atoms with E-state index in [1.54, 1.807) is 22.2 Å². The largest absolute Gasteiger partial charge is 0.307 e. The summed E-state index contributed by atoms with van der Waals surface area (Å²) in [6.45, 7) is 4.14. The molecule has 2 unspecified atom stereocenters. The third-order valence-corrected chi connectivity index (χ3v) is 6.81. The van der Waals surface area contributed by atoms with Gasteiger partial charge in [0.2, 0.25) is 0 Å². The number of fused-ring (bicyclic) bond motifs is 5. The van der Waals surface area contributed by atoms with Crippen molar-refractivity contribution in [3.63, 3.8) is 0 Å². The molecule has 0 saturated carbocycles. The van der Waals surface area contributed by atoms with Crippen LogP contribution in [0.5, 0.6) is 0 Å². The van der Waals surface area contributed by atoms with Gasteiger partial charge in [-0.1, -0.05) is 13.3 Å². The summed E-state index contributed by atoms with van der Waals surface area (Å²) in [5.41, 5.74) is 2.13. The topological polar surface area (TPSA) is 104 Å². The van der Waals surface area contributed by atoms with Crippen molar-refractivity contribution >= 4 is 32.9 Å². The van der Waals surface area contributed by atoms with Gasteiger partial charge in [0, 0.05) is 4.88 Å². The number of thiophene rings is 1. The van der Waals surface area contributed by atoms with Gasteiger partial charge >= 0.3 is 5.69 Å². The van der Waals surface area contributed by atoms with Gasteiger partial charge < -0.3 is 0 Å². The second-order valence-electron chi connectivity index (χ2n) is 7.30. The Labute approximate surface area is 164 Å². The van der Waals surface area contributed by atoms with Crippen molar-refractivity contribution in [1.82, 2.24) is 29.4 Å². The van der Waals surface area contributed by atoms with E-state index in [0.29, 0.717) is 5.82 Å². The lowest BCUT2D eigenvalue weighted by Gasteiger charge is -2.20. The summed E-state index contributed by atoms with van der Waals surface area (Å²) in [4.78, 5) is 22.3. The summed E-state index contributed by atoms with van der Waals surface area (Å²) in [5, 5.41) is 20.7. The van der Waals surface area contributed by atoms with Crippen molar-refractivity contribution in [2.75, 3.05) is 0 Å². The van der Waals surface area contributed by atoms with E-state index in [9.17, 15) is 10.1 Å². The summed E-state index contributed by atoms with van der Waals surface area (Å²) >= 11 is 1.77. The van der Waals surface area contributed by atoms with E-state index in [2.05, 4.69) is 22.1 Å². The Balaban J connectivity index is 1.59. The van der Waals surface area contributed by atoms with Crippen molar-refractivity contribution in [3.05, 3.63) is 45.1 Å². The van der Waals surface area contributed by atoms with Gasteiger partial charge in [0.15, 0.2) is 11.5 Å². The first-order valence-electron chi connectivity index (χ1n) is 9.39. The molecule has 1 aliphatic rings. The average molecular weight is 397 g/mol. The number of hydrogen-bond donors (Lipinski definition) is 0. The minimum Gasteiger partial charge on any atom is -0.258 e. The average Bonchev–Trinajstić information content (AvgIpc) is 3.41. The summed E-state index contributed by atoms with van der Waals surface area (Å²) < 4.78 is 3.23. The molecule has 28 heavy (non-hydrogen) atoms. The molecule has 0 spiro atoms. The van der Waals surface area contributed by atoms with Crippen LogP contribution in [0.1, 0.15) is 49.0 Å². The lowest BCUT2D eigenvalue weighted by molar-refractivity contribution is -0.385. The monoisotopic (exact) mass is 397 g/mol. The van der Waals surface area contributed by atoms with Crippen molar-refractivity contribution in [3.8, 4) is 0 Å². The van der Waals surface area contributed by atoms with Gasteiger partial charge in [0.05, 0.1) is 10.3 Å². The van der Waals surface area contributed by atoms with Gasteiger partial charge in [-0.25, -0.2) is 14.5 Å². The molecule has 0 N–H and O–H groups in total. The Morgan fingerprint density at radius 1 is 1.46 bits per heavy atom. The standard InChI is InChI=1S/C18H19N7O2S/c1-3-11-4-5-13-14(6-11)28-18-15(13)17-21-16(22-24(17)9-19-18)10(2)23-8-12(7-20-23)25(26)27/h7-11H,3-6H2,1-2H3. The molecule has 0 bridgehead atoms. The fourth-order valence-corrected chi connectivity index (χ4v) is 5.23. The first-order valence-corrected chi connectivity index (χ1v) is 10.2. The zero-order valence-electron chi connectivity index (χ0n) is 15.6. The summed E-state index contributed by atoms with van der Waals surface area (Å²) in [7, 11) is 0. The van der Waals surface area contributed by atoms with Gasteiger partial charge in [-0.2, -0.15) is 5.10 Å². The van der Waals surface area contributed by atoms with Crippen molar-refractivity contribution in [1.29, 1.82) is 0 Å². The summed E-state index contributed by atoms with van der Waals surface area (Å²) in [6.07, 6.45) is 8.92. The minimum absolute atomic E-state index is 0.0444. The van der Waals surface area contributed by atoms with E-state index in [-0.39, 0.29) is 11.7 Å². The maximum atomic E-state index is 10.9. The molecular formula is C18H19N7O2S. The molecule has 1 aliphatic carbocycles. The molecule has 0 radical (unpaired) electrons. The van der Waals surface area contributed by atoms with E-state index < -0.39 is 4.92 Å². The van der Waals surface area contributed by atoms with Crippen LogP contribution in [0.2, 0.25) is 0 Å². The number of rotatable bonds is 4. The SMILES string of the molecule is CCC1CCc2c(sc3ncn4nc(C(C)n5cc([N+](=O)[O-])cn5)nc4c23)C1. The first-order chi connectivity index (χ1) is 13.5. The molecule has 144 valence electrons. The van der Waals surface area contributed by atoms with E-state index in [0.717, 1.165) is 34.6 Å². The molecule has 9 nitrogen and oxygen atoms in total. The van der Waals surface area contributed by atoms with Gasteiger partial charge in [0.1, 0.15) is 29.6 Å². The number of nitrogens with zero attached hydrogens (tertiary/aromatic N) is 7. The first kappa shape index (κ1) is 17.2. The molecule has 4 aromatic heterocycles. The zero-order chi connectivity index (χ0) is 19.4. The van der Waals surface area contributed by atoms with Crippen LogP contribution in [0.3, 0.4) is 0 Å². The van der Waals surface area contributed by atoms with E-state index >= 15 is 0 Å². The highest BCUT2D eigenvalue weighted by Gasteiger charge is 2.26. The van der Waals surface area contributed by atoms with Crippen LogP contribution in [0.4, 0.5) is 5.69 Å². The van der Waals surface area contributed by atoms with Crippen LogP contribution in [0.25, 0.3) is 15.9 Å². The Morgan fingerprint density at radius 3 is 3.07 bits per heavy atom. The normalized spacial score (nSPS) is 17.9. The predicted molar refractivity (Wildman–Crippen MR) is 105 cm³/mol. The fourth-order valence-electron chi connectivity index (χ4n) is 3.94. The molecule has 4 heterocycles. The number of hydrogen-bond acceptors (Lipinski definition) is 7. The summed E-state index contributed by atoms with van der Waals surface area (Å²) in [5.74, 6) is 1.31. The van der Waals surface area contributed by atoms with Crippen LogP contribution < -0.4 is 0 Å². The molecule has 4 aromatic rings. The van der Waals surface area contributed by atoms with Crippen molar-refractivity contribution in [2.45, 2.75) is 45.6 Å². The molecule has 0 aromatic carbocycles. The Hall–Kier alpha value is -2.88. The number of aryl methyl sites for hydroxylation is 1. The Morgan fingerprint density at radius 2 is 2.32 bits per heavy atom. The molecule has 0 amide bonds. The highest BCUT2D eigenvalue weighted by atomic mass is 32.1. The second kappa shape index (κ2) is 6.33. The van der Waals surface area contributed by atoms with Crippen LogP contribution in [0.15, 0.2) is 18.7 Å². The highest BCUT2D eigenvalue weighted by molar-refractivity contribution is 7.19. The van der Waals surface area contributed by atoms with E-state index in [1.807, 2.05) is 6.92 Å². The van der Waals surface area contributed by atoms with Crippen LogP contribution in [-0.2, 0) is 12.8 Å². The smallest absolute Gasteiger partial charge is 0.258 e. The third-order valence-electron chi connectivity index (χ3n) is 5.65. The lowest BCUT2D eigenvalue weighted by Crippen LogP contribution is -2.11.